The summed E-state index contributed by atoms with van der Waals surface area (Å²) >= 11 is 6.15. The molecule has 22 heavy (non-hydrogen) atoms. The molecule has 9 heteroatoms. The van der Waals surface area contributed by atoms with E-state index in [2.05, 4.69) is 10.3 Å². The van der Waals surface area contributed by atoms with E-state index in [1.165, 1.54) is 13.2 Å². The van der Waals surface area contributed by atoms with E-state index in [9.17, 15) is 9.59 Å². The van der Waals surface area contributed by atoms with Crippen LogP contribution in [-0.2, 0) is 9.47 Å². The Labute approximate surface area is 130 Å². The second-order valence-corrected chi connectivity index (χ2v) is 4.46. The van der Waals surface area contributed by atoms with E-state index in [4.69, 9.17) is 25.8 Å². The number of ether oxygens (including phenoxy) is 3. The second kappa shape index (κ2) is 6.61. The molecule has 0 radical (unpaired) electrons. The molecule has 0 unspecified atom stereocenters. The Bertz CT molecular complexity index is 728. The lowest BCUT2D eigenvalue weighted by atomic mass is 10.1. The molecule has 0 atom stereocenters. The van der Waals surface area contributed by atoms with Crippen LogP contribution in [0.1, 0.15) is 24.2 Å². The smallest absolute Gasteiger partial charge is 0.436 e. The maximum absolute atomic E-state index is 11.9. The van der Waals surface area contributed by atoms with Crippen molar-refractivity contribution in [2.75, 3.05) is 20.3 Å². The quantitative estimate of drug-likeness (QED) is 0.795. The minimum Gasteiger partial charge on any atom is -0.491 e. The van der Waals surface area contributed by atoms with Crippen molar-refractivity contribution >= 4 is 34.7 Å². The summed E-state index contributed by atoms with van der Waals surface area (Å²) in [6, 6.07) is 1.35. The number of carbonyl (C=O) groups excluding carboxylic acids is 2. The van der Waals surface area contributed by atoms with Crippen LogP contribution in [0.4, 0.5) is 4.79 Å². The van der Waals surface area contributed by atoms with Gasteiger partial charge in [0, 0.05) is 0 Å². The molecule has 0 amide bonds. The lowest BCUT2D eigenvalue weighted by Crippen LogP contribution is -2.15. The molecule has 0 spiro atoms. The van der Waals surface area contributed by atoms with Crippen LogP contribution in [0.25, 0.3) is 11.0 Å². The topological polar surface area (TPSA) is 92.5 Å². The van der Waals surface area contributed by atoms with Gasteiger partial charge in [0.2, 0.25) is 0 Å². The molecule has 0 saturated heterocycles. The van der Waals surface area contributed by atoms with Crippen LogP contribution in [0.3, 0.4) is 0 Å². The molecule has 0 aliphatic rings. The molecule has 1 heterocycles. The van der Waals surface area contributed by atoms with Gasteiger partial charge in [0.15, 0.2) is 11.3 Å². The number of nitrogens with zero attached hydrogens (tertiary/aromatic N) is 3. The summed E-state index contributed by atoms with van der Waals surface area (Å²) in [5.74, 6) is -0.470. The normalized spacial score (nSPS) is 10.5. The third-order valence-electron chi connectivity index (χ3n) is 2.76. The summed E-state index contributed by atoms with van der Waals surface area (Å²) in [6.45, 7) is 3.88. The van der Waals surface area contributed by atoms with E-state index in [1.807, 2.05) is 0 Å². The van der Waals surface area contributed by atoms with Gasteiger partial charge in [0.1, 0.15) is 11.1 Å². The predicted octanol–water partition coefficient (Wildman–Crippen LogP) is 2.27. The van der Waals surface area contributed by atoms with Crippen LogP contribution < -0.4 is 4.74 Å². The van der Waals surface area contributed by atoms with Crippen molar-refractivity contribution < 1.29 is 23.8 Å². The number of hydrogen-bond acceptors (Lipinski definition) is 7. The van der Waals surface area contributed by atoms with E-state index >= 15 is 0 Å². The van der Waals surface area contributed by atoms with E-state index in [0.717, 1.165) is 4.68 Å². The van der Waals surface area contributed by atoms with Crippen molar-refractivity contribution in [3.63, 3.8) is 0 Å². The van der Waals surface area contributed by atoms with Gasteiger partial charge >= 0.3 is 12.1 Å². The molecule has 0 aliphatic carbocycles. The number of esters is 1. The molecule has 0 bridgehead atoms. The first-order chi connectivity index (χ1) is 10.5. The minimum atomic E-state index is -0.722. The van der Waals surface area contributed by atoms with Crippen molar-refractivity contribution in [2.45, 2.75) is 13.8 Å². The summed E-state index contributed by atoms with van der Waals surface area (Å²) in [5, 5.41) is 7.70. The van der Waals surface area contributed by atoms with Crippen LogP contribution >= 0.6 is 11.6 Å². The molecule has 1 aromatic carbocycles. The largest absolute Gasteiger partial charge is 0.491 e. The second-order valence-electron chi connectivity index (χ2n) is 4.06. The minimum absolute atomic E-state index is 0.108. The fraction of sp³-hybridized carbons (Fsp3) is 0.385. The van der Waals surface area contributed by atoms with Gasteiger partial charge in [-0.05, 0) is 19.9 Å². The number of rotatable bonds is 4. The molecular formula is C13H14ClN3O5. The summed E-state index contributed by atoms with van der Waals surface area (Å²) in [4.78, 5) is 23.7. The molecule has 118 valence electrons. The van der Waals surface area contributed by atoms with Crippen molar-refractivity contribution in [3.8, 4) is 5.75 Å². The maximum Gasteiger partial charge on any atom is 0.436 e. The summed E-state index contributed by atoms with van der Waals surface area (Å²) in [5.41, 5.74) is 0.497. The average molecular weight is 328 g/mol. The number of halogens is 1. The SMILES string of the molecule is CCOC(=O)n1nnc2c(OCC)c(C(=O)OC)cc(Cl)c21. The Kier molecular flexibility index (Phi) is 4.81. The van der Waals surface area contributed by atoms with Crippen molar-refractivity contribution in [3.05, 3.63) is 16.7 Å². The standard InChI is InChI=1S/C13H14ClN3O5/c1-4-21-11-7(12(18)20-3)6-8(14)10-9(11)15-16-17(10)13(19)22-5-2/h6H,4-5H2,1-3H3. The van der Waals surface area contributed by atoms with Gasteiger partial charge in [-0.3, -0.25) is 0 Å². The van der Waals surface area contributed by atoms with E-state index in [-0.39, 0.29) is 40.6 Å². The van der Waals surface area contributed by atoms with Crippen LogP contribution in [0.15, 0.2) is 6.07 Å². The van der Waals surface area contributed by atoms with Crippen molar-refractivity contribution in [2.24, 2.45) is 0 Å². The Morgan fingerprint density at radius 2 is 2.05 bits per heavy atom. The molecule has 2 rings (SSSR count). The Morgan fingerprint density at radius 3 is 2.64 bits per heavy atom. The number of hydrogen-bond donors (Lipinski definition) is 0. The molecule has 2 aromatic rings. The molecule has 8 nitrogen and oxygen atoms in total. The molecule has 0 aliphatic heterocycles. The molecule has 1 aromatic heterocycles. The van der Waals surface area contributed by atoms with Crippen molar-refractivity contribution in [1.29, 1.82) is 0 Å². The zero-order valence-corrected chi connectivity index (χ0v) is 13.0. The first-order valence-electron chi connectivity index (χ1n) is 6.51. The number of carbonyl (C=O) groups is 2. The van der Waals surface area contributed by atoms with Crippen LogP contribution in [0.5, 0.6) is 5.75 Å². The summed E-state index contributed by atoms with van der Waals surface area (Å²) in [6.07, 6.45) is -0.722. The summed E-state index contributed by atoms with van der Waals surface area (Å²) in [7, 11) is 1.24. The monoisotopic (exact) mass is 327 g/mol. The van der Waals surface area contributed by atoms with E-state index in [0.29, 0.717) is 0 Å². The van der Waals surface area contributed by atoms with Gasteiger partial charge in [-0.25, -0.2) is 9.59 Å². The zero-order chi connectivity index (χ0) is 16.3. The number of aromatic nitrogens is 3. The third kappa shape index (κ3) is 2.69. The lowest BCUT2D eigenvalue weighted by Gasteiger charge is -2.10. The van der Waals surface area contributed by atoms with Gasteiger partial charge in [0.05, 0.1) is 25.3 Å². The zero-order valence-electron chi connectivity index (χ0n) is 12.3. The fourth-order valence-electron chi connectivity index (χ4n) is 1.90. The lowest BCUT2D eigenvalue weighted by molar-refractivity contribution is 0.0596. The van der Waals surface area contributed by atoms with Gasteiger partial charge in [0.25, 0.3) is 0 Å². The van der Waals surface area contributed by atoms with E-state index < -0.39 is 12.1 Å². The van der Waals surface area contributed by atoms with Gasteiger partial charge in [-0.2, -0.15) is 0 Å². The average Bonchev–Trinajstić information content (AvgIpc) is 2.95. The Hall–Kier alpha value is -2.35. The highest BCUT2D eigenvalue weighted by Gasteiger charge is 2.25. The highest BCUT2D eigenvalue weighted by atomic mass is 35.5. The number of fused-ring (bicyclic) bond motifs is 1. The number of benzene rings is 1. The van der Waals surface area contributed by atoms with Crippen LogP contribution in [-0.4, -0.2) is 47.4 Å². The fourth-order valence-corrected chi connectivity index (χ4v) is 2.18. The predicted molar refractivity (Wildman–Crippen MR) is 77.5 cm³/mol. The molecule has 0 N–H and O–H groups in total. The first kappa shape index (κ1) is 16.0. The first-order valence-corrected chi connectivity index (χ1v) is 6.89. The highest BCUT2D eigenvalue weighted by Crippen LogP contribution is 2.34. The third-order valence-corrected chi connectivity index (χ3v) is 3.05. The Balaban J connectivity index is 2.71. The molecule has 0 fully saturated rings. The van der Waals surface area contributed by atoms with E-state index in [1.54, 1.807) is 13.8 Å². The van der Waals surface area contributed by atoms with Crippen LogP contribution in [0.2, 0.25) is 5.02 Å². The highest BCUT2D eigenvalue weighted by molar-refractivity contribution is 6.36. The Morgan fingerprint density at radius 1 is 1.32 bits per heavy atom. The van der Waals surface area contributed by atoms with Crippen molar-refractivity contribution in [1.82, 2.24) is 15.0 Å². The number of methoxy groups -OCH3 is 1. The van der Waals surface area contributed by atoms with Gasteiger partial charge < -0.3 is 14.2 Å². The van der Waals surface area contributed by atoms with Gasteiger partial charge in [-0.15, -0.1) is 9.78 Å². The van der Waals surface area contributed by atoms with Gasteiger partial charge in [-0.1, -0.05) is 16.8 Å². The maximum atomic E-state index is 11.9. The van der Waals surface area contributed by atoms with Crippen LogP contribution in [0, 0.1) is 0 Å². The molecular weight excluding hydrogens is 314 g/mol. The summed E-state index contributed by atoms with van der Waals surface area (Å²) < 4.78 is 15.9. The molecule has 0 saturated carbocycles.